The van der Waals surface area contributed by atoms with E-state index in [1.165, 1.54) is 0 Å². The van der Waals surface area contributed by atoms with Crippen molar-refractivity contribution in [2.45, 2.75) is 84.2 Å². The molecule has 0 saturated heterocycles. The number of ether oxygens (including phenoxy) is 3. The lowest BCUT2D eigenvalue weighted by Crippen LogP contribution is -2.44. The van der Waals surface area contributed by atoms with Crippen molar-refractivity contribution in [3.8, 4) is 17.2 Å². The molecule has 2 aromatic carbocycles. The summed E-state index contributed by atoms with van der Waals surface area (Å²) in [5, 5.41) is 12.4. The summed E-state index contributed by atoms with van der Waals surface area (Å²) in [6.45, 7) is 16.3. The lowest BCUT2D eigenvalue weighted by atomic mass is 9.98. The summed E-state index contributed by atoms with van der Waals surface area (Å²) in [4.78, 5) is 12.3. The topological polar surface area (TPSA) is 74.2 Å². The maximum Gasteiger partial charge on any atom is 0.308 e. The van der Waals surface area contributed by atoms with Crippen LogP contribution in [0.3, 0.4) is 0 Å². The number of carbonyl (C=O) groups is 1. The van der Waals surface area contributed by atoms with Gasteiger partial charge < -0.3 is 23.7 Å². The SMILES string of the molecule is COc1cccc2c(O[Si](C)(C)C(C)(C)C)c(C[C@H](O)CC(=O)OC(C)(C)C)cc(OC)c12. The lowest BCUT2D eigenvalue weighted by Gasteiger charge is -2.37. The Morgan fingerprint density at radius 2 is 1.64 bits per heavy atom. The fourth-order valence-corrected chi connectivity index (χ4v) is 4.41. The molecule has 0 bridgehead atoms. The first-order chi connectivity index (χ1) is 15.1. The fraction of sp³-hybridized carbons (Fsp3) is 0.577. The van der Waals surface area contributed by atoms with E-state index in [0.29, 0.717) is 17.2 Å². The van der Waals surface area contributed by atoms with Crippen LogP contribution in [-0.4, -0.2) is 45.3 Å². The Morgan fingerprint density at radius 3 is 2.15 bits per heavy atom. The lowest BCUT2D eigenvalue weighted by molar-refractivity contribution is -0.157. The Bertz CT molecular complexity index is 985. The van der Waals surface area contributed by atoms with Crippen LogP contribution in [0.4, 0.5) is 0 Å². The van der Waals surface area contributed by atoms with E-state index in [2.05, 4.69) is 33.9 Å². The quantitative estimate of drug-likeness (QED) is 0.379. The summed E-state index contributed by atoms with van der Waals surface area (Å²) >= 11 is 0. The van der Waals surface area contributed by atoms with E-state index in [9.17, 15) is 9.90 Å². The first kappa shape index (κ1) is 27.0. The smallest absolute Gasteiger partial charge is 0.308 e. The summed E-state index contributed by atoms with van der Waals surface area (Å²) in [6.07, 6.45) is -0.795. The molecule has 0 aliphatic rings. The number of aliphatic hydroxyl groups excluding tert-OH is 1. The van der Waals surface area contributed by atoms with E-state index in [1.807, 2.05) is 45.0 Å². The van der Waals surface area contributed by atoms with Gasteiger partial charge in [-0.1, -0.05) is 32.9 Å². The molecular weight excluding hydrogens is 436 g/mol. The molecule has 1 atom stereocenters. The van der Waals surface area contributed by atoms with Crippen LogP contribution in [0, 0.1) is 0 Å². The highest BCUT2D eigenvalue weighted by molar-refractivity contribution is 6.74. The zero-order valence-corrected chi connectivity index (χ0v) is 22.8. The third kappa shape index (κ3) is 6.64. The first-order valence-corrected chi connectivity index (χ1v) is 14.3. The number of rotatable bonds is 8. The summed E-state index contributed by atoms with van der Waals surface area (Å²) in [5.41, 5.74) is 0.185. The van der Waals surface area contributed by atoms with Gasteiger partial charge in [-0.2, -0.15) is 0 Å². The number of methoxy groups -OCH3 is 2. The molecule has 2 rings (SSSR count). The second-order valence-electron chi connectivity index (χ2n) is 11.0. The van der Waals surface area contributed by atoms with Gasteiger partial charge in [0.25, 0.3) is 8.32 Å². The van der Waals surface area contributed by atoms with E-state index in [-0.39, 0.29) is 17.9 Å². The van der Waals surface area contributed by atoms with Gasteiger partial charge in [0, 0.05) is 11.8 Å². The van der Waals surface area contributed by atoms with Crippen molar-refractivity contribution in [2.75, 3.05) is 14.2 Å². The van der Waals surface area contributed by atoms with E-state index in [1.54, 1.807) is 14.2 Å². The molecule has 0 aromatic heterocycles. The highest BCUT2D eigenvalue weighted by Crippen LogP contribution is 2.45. The number of benzene rings is 2. The number of fused-ring (bicyclic) bond motifs is 1. The minimum absolute atomic E-state index is 0.0233. The molecule has 0 radical (unpaired) electrons. The number of hydrogen-bond acceptors (Lipinski definition) is 6. The summed E-state index contributed by atoms with van der Waals surface area (Å²) in [5.74, 6) is 1.59. The van der Waals surface area contributed by atoms with Crippen molar-refractivity contribution >= 4 is 25.1 Å². The molecular formula is C26H40O6Si. The minimum atomic E-state index is -2.22. The number of aliphatic hydroxyl groups is 1. The minimum Gasteiger partial charge on any atom is -0.543 e. The van der Waals surface area contributed by atoms with Gasteiger partial charge in [0.15, 0.2) is 0 Å². The maximum atomic E-state index is 12.3. The van der Waals surface area contributed by atoms with Crippen LogP contribution in [0.15, 0.2) is 24.3 Å². The highest BCUT2D eigenvalue weighted by Gasteiger charge is 2.40. The Morgan fingerprint density at radius 1 is 1.03 bits per heavy atom. The van der Waals surface area contributed by atoms with Crippen molar-refractivity contribution in [1.29, 1.82) is 0 Å². The van der Waals surface area contributed by atoms with Crippen LogP contribution in [0.25, 0.3) is 10.8 Å². The van der Waals surface area contributed by atoms with Crippen molar-refractivity contribution in [2.24, 2.45) is 0 Å². The van der Waals surface area contributed by atoms with Crippen molar-refractivity contribution in [1.82, 2.24) is 0 Å². The molecule has 2 aromatic rings. The number of hydrogen-bond donors (Lipinski definition) is 1. The second-order valence-corrected chi connectivity index (χ2v) is 15.7. The van der Waals surface area contributed by atoms with Gasteiger partial charge in [0.2, 0.25) is 0 Å². The standard InChI is InChI=1S/C26H40O6Si/c1-25(2,3)31-22(28)16-18(27)14-17-15-21(30-8)23-19(12-11-13-20(23)29-7)24(17)32-33(9,10)26(4,5)6/h11-13,15,18,27H,14,16H2,1-10H3/t18-/m0/s1. The Hall–Kier alpha value is -2.25. The Labute approximate surface area is 199 Å². The molecule has 0 spiro atoms. The van der Waals surface area contributed by atoms with Crippen LogP contribution >= 0.6 is 0 Å². The van der Waals surface area contributed by atoms with Crippen LogP contribution in [-0.2, 0) is 16.0 Å². The second kappa shape index (κ2) is 9.93. The van der Waals surface area contributed by atoms with E-state index < -0.39 is 26.0 Å². The molecule has 0 saturated carbocycles. The molecule has 1 N–H and O–H groups in total. The third-order valence-electron chi connectivity index (χ3n) is 6.00. The van der Waals surface area contributed by atoms with Gasteiger partial charge >= 0.3 is 5.97 Å². The molecule has 7 heteroatoms. The van der Waals surface area contributed by atoms with E-state index >= 15 is 0 Å². The average molecular weight is 477 g/mol. The van der Waals surface area contributed by atoms with Gasteiger partial charge in [0.1, 0.15) is 22.8 Å². The number of esters is 1. The van der Waals surface area contributed by atoms with Gasteiger partial charge in [0.05, 0.1) is 32.1 Å². The molecule has 0 aliphatic heterocycles. The predicted molar refractivity (Wildman–Crippen MR) is 135 cm³/mol. The van der Waals surface area contributed by atoms with Crippen molar-refractivity contribution in [3.05, 3.63) is 29.8 Å². The molecule has 184 valence electrons. The fourth-order valence-electron chi connectivity index (χ4n) is 3.36. The van der Waals surface area contributed by atoms with Gasteiger partial charge in [-0.25, -0.2) is 0 Å². The zero-order chi connectivity index (χ0) is 25.2. The molecule has 0 fully saturated rings. The Kier molecular flexibility index (Phi) is 8.13. The van der Waals surface area contributed by atoms with Crippen LogP contribution in [0.2, 0.25) is 18.1 Å². The zero-order valence-electron chi connectivity index (χ0n) is 21.8. The molecule has 0 amide bonds. The van der Waals surface area contributed by atoms with Crippen molar-refractivity contribution < 1.29 is 28.5 Å². The molecule has 0 unspecified atom stereocenters. The molecule has 0 heterocycles. The summed E-state index contributed by atoms with van der Waals surface area (Å²) in [6, 6.07) is 7.66. The highest BCUT2D eigenvalue weighted by atomic mass is 28.4. The van der Waals surface area contributed by atoms with Gasteiger partial charge in [-0.3, -0.25) is 4.79 Å². The largest absolute Gasteiger partial charge is 0.543 e. The van der Waals surface area contributed by atoms with Crippen LogP contribution < -0.4 is 13.9 Å². The summed E-state index contributed by atoms with van der Waals surface area (Å²) < 4.78 is 23.5. The molecule has 6 nitrogen and oxygen atoms in total. The average Bonchev–Trinajstić information content (AvgIpc) is 2.66. The predicted octanol–water partition coefficient (Wildman–Crippen LogP) is 5.88. The van der Waals surface area contributed by atoms with Gasteiger partial charge in [-0.05, 0) is 56.6 Å². The number of carbonyl (C=O) groups excluding carboxylic acids is 1. The van der Waals surface area contributed by atoms with Gasteiger partial charge in [-0.15, -0.1) is 0 Å². The molecule has 33 heavy (non-hydrogen) atoms. The first-order valence-electron chi connectivity index (χ1n) is 11.3. The monoisotopic (exact) mass is 476 g/mol. The third-order valence-corrected chi connectivity index (χ3v) is 10.3. The molecule has 0 aliphatic carbocycles. The Balaban J connectivity index is 2.59. The summed E-state index contributed by atoms with van der Waals surface area (Å²) in [7, 11) is 1.01. The normalized spacial score (nSPS) is 13.5. The van der Waals surface area contributed by atoms with E-state index in [4.69, 9.17) is 18.6 Å². The van der Waals surface area contributed by atoms with Crippen molar-refractivity contribution in [3.63, 3.8) is 0 Å². The van der Waals surface area contributed by atoms with Crippen LogP contribution in [0.1, 0.15) is 53.5 Å². The van der Waals surface area contributed by atoms with Crippen LogP contribution in [0.5, 0.6) is 17.2 Å². The maximum absolute atomic E-state index is 12.3. The van der Waals surface area contributed by atoms with E-state index in [0.717, 1.165) is 16.3 Å².